The molecule has 1 aliphatic rings. The molecular weight excluding hydrogens is 192 g/mol. The van der Waals surface area contributed by atoms with Crippen LogP contribution in [0.5, 0.6) is 0 Å². The highest BCUT2D eigenvalue weighted by atomic mass is 32.1. The Hall–Kier alpha value is -0.380. The second-order valence-corrected chi connectivity index (χ2v) is 5.08. The molecule has 1 aromatic rings. The maximum atomic E-state index is 3.64. The average Bonchev–Trinajstić information content (AvgIpc) is 2.77. The predicted molar refractivity (Wildman–Crippen MR) is 61.9 cm³/mol. The van der Waals surface area contributed by atoms with Crippen LogP contribution in [0.15, 0.2) is 16.8 Å². The molecule has 0 amide bonds. The van der Waals surface area contributed by atoms with E-state index in [0.29, 0.717) is 5.54 Å². The highest BCUT2D eigenvalue weighted by Gasteiger charge is 2.26. The number of nitrogens with one attached hydrogen (secondary N) is 2. The summed E-state index contributed by atoms with van der Waals surface area (Å²) in [6.07, 6.45) is 2.40. The van der Waals surface area contributed by atoms with Gasteiger partial charge in [-0.05, 0) is 55.2 Å². The molecule has 2 rings (SSSR count). The fourth-order valence-corrected chi connectivity index (χ4v) is 2.61. The van der Waals surface area contributed by atoms with Crippen molar-refractivity contribution >= 4 is 11.3 Å². The van der Waals surface area contributed by atoms with E-state index in [1.165, 1.54) is 12.0 Å². The van der Waals surface area contributed by atoms with E-state index in [2.05, 4.69) is 34.4 Å². The molecule has 1 fully saturated rings. The first kappa shape index (κ1) is 10.1. The third kappa shape index (κ3) is 2.56. The molecule has 1 aromatic heterocycles. The van der Waals surface area contributed by atoms with Crippen molar-refractivity contribution in [2.45, 2.75) is 25.3 Å². The maximum absolute atomic E-state index is 3.64. The quantitative estimate of drug-likeness (QED) is 0.789. The van der Waals surface area contributed by atoms with E-state index in [4.69, 9.17) is 0 Å². The lowest BCUT2D eigenvalue weighted by Gasteiger charge is -2.24. The van der Waals surface area contributed by atoms with Crippen LogP contribution in [0.2, 0.25) is 0 Å². The zero-order valence-corrected chi connectivity index (χ0v) is 9.49. The van der Waals surface area contributed by atoms with Gasteiger partial charge < -0.3 is 10.6 Å². The highest BCUT2D eigenvalue weighted by molar-refractivity contribution is 7.07. The van der Waals surface area contributed by atoms with E-state index in [0.717, 1.165) is 26.1 Å². The van der Waals surface area contributed by atoms with E-state index in [1.54, 1.807) is 11.3 Å². The van der Waals surface area contributed by atoms with Gasteiger partial charge in [-0.3, -0.25) is 0 Å². The van der Waals surface area contributed by atoms with Crippen molar-refractivity contribution in [3.05, 3.63) is 22.4 Å². The summed E-state index contributed by atoms with van der Waals surface area (Å²) < 4.78 is 0. The molecule has 2 N–H and O–H groups in total. The van der Waals surface area contributed by atoms with Gasteiger partial charge in [-0.25, -0.2) is 0 Å². The second kappa shape index (κ2) is 4.43. The molecule has 2 heterocycles. The molecule has 0 aliphatic carbocycles. The van der Waals surface area contributed by atoms with Gasteiger partial charge in [0.05, 0.1) is 0 Å². The van der Waals surface area contributed by atoms with Crippen molar-refractivity contribution < 1.29 is 0 Å². The Bertz CT molecular complexity index is 263. The van der Waals surface area contributed by atoms with Crippen LogP contribution in [-0.4, -0.2) is 25.2 Å². The van der Waals surface area contributed by atoms with Gasteiger partial charge in [0, 0.05) is 12.1 Å². The largest absolute Gasteiger partial charge is 0.315 e. The Morgan fingerprint density at radius 3 is 3.21 bits per heavy atom. The summed E-state index contributed by atoms with van der Waals surface area (Å²) in [6, 6.07) is 2.21. The van der Waals surface area contributed by atoms with Crippen LogP contribution in [0.4, 0.5) is 0 Å². The van der Waals surface area contributed by atoms with Gasteiger partial charge in [0.1, 0.15) is 0 Å². The first-order valence-corrected chi connectivity index (χ1v) is 6.20. The normalized spacial score (nSPS) is 26.9. The van der Waals surface area contributed by atoms with Crippen LogP contribution in [0.1, 0.15) is 18.9 Å². The van der Waals surface area contributed by atoms with Crippen molar-refractivity contribution in [1.82, 2.24) is 10.6 Å². The monoisotopic (exact) mass is 210 g/mol. The fourth-order valence-electron chi connectivity index (χ4n) is 1.91. The Morgan fingerprint density at radius 1 is 1.64 bits per heavy atom. The van der Waals surface area contributed by atoms with Gasteiger partial charge in [-0.2, -0.15) is 11.3 Å². The van der Waals surface area contributed by atoms with Crippen molar-refractivity contribution in [2.24, 2.45) is 0 Å². The van der Waals surface area contributed by atoms with E-state index >= 15 is 0 Å². The molecule has 78 valence electrons. The maximum Gasteiger partial charge on any atom is 0.0290 e. The van der Waals surface area contributed by atoms with Gasteiger partial charge in [-0.1, -0.05) is 0 Å². The van der Waals surface area contributed by atoms with E-state index < -0.39 is 0 Å². The lowest BCUT2D eigenvalue weighted by molar-refractivity contribution is 0.391. The summed E-state index contributed by atoms with van der Waals surface area (Å²) in [5, 5.41) is 11.4. The van der Waals surface area contributed by atoms with Crippen LogP contribution < -0.4 is 10.6 Å². The van der Waals surface area contributed by atoms with Crippen LogP contribution in [0.25, 0.3) is 0 Å². The number of hydrogen-bond donors (Lipinski definition) is 2. The van der Waals surface area contributed by atoms with Crippen molar-refractivity contribution in [1.29, 1.82) is 0 Å². The molecular formula is C11H18N2S. The van der Waals surface area contributed by atoms with Gasteiger partial charge in [0.2, 0.25) is 0 Å². The standard InChI is InChI=1S/C11H18N2S/c1-11(4-6-12-9-11)13-5-2-10-3-7-14-8-10/h3,7-8,12-13H,2,4-6,9H2,1H3. The molecule has 2 nitrogen and oxygen atoms in total. The molecule has 3 heteroatoms. The molecule has 1 unspecified atom stereocenters. The van der Waals surface area contributed by atoms with Crippen LogP contribution in [0.3, 0.4) is 0 Å². The molecule has 1 atom stereocenters. The fraction of sp³-hybridized carbons (Fsp3) is 0.636. The minimum atomic E-state index is 0.329. The van der Waals surface area contributed by atoms with E-state index in [1.807, 2.05) is 0 Å². The van der Waals surface area contributed by atoms with E-state index in [-0.39, 0.29) is 0 Å². The molecule has 1 aliphatic heterocycles. The minimum absolute atomic E-state index is 0.329. The summed E-state index contributed by atoms with van der Waals surface area (Å²) in [4.78, 5) is 0. The molecule has 1 saturated heterocycles. The highest BCUT2D eigenvalue weighted by Crippen LogP contribution is 2.13. The van der Waals surface area contributed by atoms with Gasteiger partial charge in [0.25, 0.3) is 0 Å². The van der Waals surface area contributed by atoms with E-state index in [9.17, 15) is 0 Å². The van der Waals surface area contributed by atoms with Crippen LogP contribution in [-0.2, 0) is 6.42 Å². The Labute approximate surface area is 89.7 Å². The lowest BCUT2D eigenvalue weighted by atomic mass is 10.0. The molecule has 14 heavy (non-hydrogen) atoms. The van der Waals surface area contributed by atoms with Crippen molar-refractivity contribution in [3.8, 4) is 0 Å². The zero-order valence-electron chi connectivity index (χ0n) is 8.68. The Morgan fingerprint density at radius 2 is 2.57 bits per heavy atom. The molecule has 0 saturated carbocycles. The summed E-state index contributed by atoms with van der Waals surface area (Å²) in [5.74, 6) is 0. The predicted octanol–water partition coefficient (Wildman–Crippen LogP) is 1.63. The third-order valence-electron chi connectivity index (χ3n) is 2.91. The molecule has 0 radical (unpaired) electrons. The number of rotatable bonds is 4. The third-order valence-corrected chi connectivity index (χ3v) is 3.65. The molecule has 0 bridgehead atoms. The number of thiophene rings is 1. The second-order valence-electron chi connectivity index (χ2n) is 4.30. The first-order valence-electron chi connectivity index (χ1n) is 5.25. The minimum Gasteiger partial charge on any atom is -0.315 e. The van der Waals surface area contributed by atoms with Crippen LogP contribution in [0, 0.1) is 0 Å². The van der Waals surface area contributed by atoms with Crippen molar-refractivity contribution in [2.75, 3.05) is 19.6 Å². The van der Waals surface area contributed by atoms with Gasteiger partial charge in [-0.15, -0.1) is 0 Å². The smallest absolute Gasteiger partial charge is 0.0290 e. The first-order chi connectivity index (χ1) is 6.79. The number of hydrogen-bond acceptors (Lipinski definition) is 3. The summed E-state index contributed by atoms with van der Waals surface area (Å²) >= 11 is 1.78. The molecule has 0 aromatic carbocycles. The Balaban J connectivity index is 1.72. The zero-order chi connectivity index (χ0) is 9.86. The van der Waals surface area contributed by atoms with Crippen LogP contribution >= 0.6 is 11.3 Å². The van der Waals surface area contributed by atoms with Crippen molar-refractivity contribution in [3.63, 3.8) is 0 Å². The lowest BCUT2D eigenvalue weighted by Crippen LogP contribution is -2.44. The van der Waals surface area contributed by atoms with Gasteiger partial charge in [0.15, 0.2) is 0 Å². The average molecular weight is 210 g/mol. The molecule has 0 spiro atoms. The topological polar surface area (TPSA) is 24.1 Å². The summed E-state index contributed by atoms with van der Waals surface area (Å²) in [6.45, 7) is 5.66. The summed E-state index contributed by atoms with van der Waals surface area (Å²) in [7, 11) is 0. The summed E-state index contributed by atoms with van der Waals surface area (Å²) in [5.41, 5.74) is 1.78. The Kier molecular flexibility index (Phi) is 3.21. The van der Waals surface area contributed by atoms with Gasteiger partial charge >= 0.3 is 0 Å². The SMILES string of the molecule is CC1(NCCc2ccsc2)CCNC1.